The highest BCUT2D eigenvalue weighted by molar-refractivity contribution is 6.30. The van der Waals surface area contributed by atoms with Crippen molar-refractivity contribution in [3.8, 4) is 5.75 Å². The van der Waals surface area contributed by atoms with Gasteiger partial charge in [-0.3, -0.25) is 14.4 Å². The Morgan fingerprint density at radius 2 is 1.71 bits per heavy atom. The molecule has 1 aromatic heterocycles. The SMILES string of the molecule is CC(C)(C)C(=O)c1cn2c(c(OCc3ccccc3)c1=O)C(=O)N(Cc1cccc(Cl)c1)CC2. The molecule has 1 aliphatic rings. The Hall–Kier alpha value is -3.38. The summed E-state index contributed by atoms with van der Waals surface area (Å²) >= 11 is 6.11. The molecule has 0 saturated heterocycles. The lowest BCUT2D eigenvalue weighted by Crippen LogP contribution is -2.42. The van der Waals surface area contributed by atoms with Gasteiger partial charge in [-0.1, -0.05) is 74.8 Å². The molecule has 1 amide bonds. The van der Waals surface area contributed by atoms with E-state index in [4.69, 9.17) is 16.3 Å². The number of ketones is 1. The Morgan fingerprint density at radius 1 is 1.00 bits per heavy atom. The maximum atomic E-state index is 13.5. The van der Waals surface area contributed by atoms with Gasteiger partial charge in [-0.25, -0.2) is 0 Å². The van der Waals surface area contributed by atoms with E-state index in [1.807, 2.05) is 48.5 Å². The number of rotatable bonds is 6. The maximum absolute atomic E-state index is 13.5. The second kappa shape index (κ2) is 9.47. The van der Waals surface area contributed by atoms with Crippen LogP contribution >= 0.6 is 11.6 Å². The molecule has 2 aromatic carbocycles. The second-order valence-corrected chi connectivity index (χ2v) is 9.89. The number of hydrogen-bond acceptors (Lipinski definition) is 4. The summed E-state index contributed by atoms with van der Waals surface area (Å²) in [5.41, 5.74) is 0.646. The summed E-state index contributed by atoms with van der Waals surface area (Å²) in [5.74, 6) is -0.688. The summed E-state index contributed by atoms with van der Waals surface area (Å²) in [5, 5.41) is 0.593. The van der Waals surface area contributed by atoms with Crippen molar-refractivity contribution in [2.75, 3.05) is 6.54 Å². The van der Waals surface area contributed by atoms with Crippen molar-refractivity contribution in [1.82, 2.24) is 9.47 Å². The molecule has 0 fully saturated rings. The summed E-state index contributed by atoms with van der Waals surface area (Å²) in [6.07, 6.45) is 1.51. The first kappa shape index (κ1) is 23.8. The monoisotopic (exact) mass is 478 g/mol. The van der Waals surface area contributed by atoms with Crippen LogP contribution in [0.25, 0.3) is 0 Å². The number of aromatic nitrogens is 1. The Labute approximate surface area is 203 Å². The number of fused-ring (bicyclic) bond motifs is 1. The minimum Gasteiger partial charge on any atom is -0.483 e. The van der Waals surface area contributed by atoms with Crippen LogP contribution in [0.4, 0.5) is 0 Å². The largest absolute Gasteiger partial charge is 0.483 e. The Balaban J connectivity index is 1.75. The fourth-order valence-corrected chi connectivity index (χ4v) is 4.16. The lowest BCUT2D eigenvalue weighted by Gasteiger charge is -2.31. The lowest BCUT2D eigenvalue weighted by atomic mass is 9.86. The molecule has 0 radical (unpaired) electrons. The molecule has 1 aliphatic heterocycles. The van der Waals surface area contributed by atoms with Crippen molar-refractivity contribution in [1.29, 1.82) is 0 Å². The van der Waals surface area contributed by atoms with Crippen LogP contribution in [0.5, 0.6) is 5.75 Å². The molecule has 0 saturated carbocycles. The molecule has 2 heterocycles. The van der Waals surface area contributed by atoms with Crippen LogP contribution in [-0.2, 0) is 19.7 Å². The van der Waals surface area contributed by atoms with E-state index in [0.717, 1.165) is 11.1 Å². The van der Waals surface area contributed by atoms with Gasteiger partial charge in [-0.15, -0.1) is 0 Å². The van der Waals surface area contributed by atoms with Crippen molar-refractivity contribution in [3.63, 3.8) is 0 Å². The zero-order valence-corrected chi connectivity index (χ0v) is 20.3. The molecule has 176 valence electrons. The fourth-order valence-electron chi connectivity index (χ4n) is 3.95. The van der Waals surface area contributed by atoms with Crippen LogP contribution in [0, 0.1) is 5.41 Å². The van der Waals surface area contributed by atoms with E-state index in [-0.39, 0.29) is 35.3 Å². The molecule has 7 heteroatoms. The van der Waals surface area contributed by atoms with E-state index in [1.54, 1.807) is 36.3 Å². The van der Waals surface area contributed by atoms with Gasteiger partial charge in [0, 0.05) is 36.3 Å². The van der Waals surface area contributed by atoms with Gasteiger partial charge in [-0.05, 0) is 23.3 Å². The van der Waals surface area contributed by atoms with Gasteiger partial charge in [-0.2, -0.15) is 0 Å². The van der Waals surface area contributed by atoms with Gasteiger partial charge in [0.25, 0.3) is 5.91 Å². The number of pyridine rings is 1. The van der Waals surface area contributed by atoms with Gasteiger partial charge in [0.15, 0.2) is 17.2 Å². The van der Waals surface area contributed by atoms with E-state index < -0.39 is 10.8 Å². The number of halogens is 1. The molecule has 0 bridgehead atoms. The summed E-state index contributed by atoms with van der Waals surface area (Å²) in [7, 11) is 0. The summed E-state index contributed by atoms with van der Waals surface area (Å²) in [6.45, 7) is 6.63. The van der Waals surface area contributed by atoms with Crippen molar-refractivity contribution in [2.24, 2.45) is 5.41 Å². The van der Waals surface area contributed by atoms with Gasteiger partial charge in [0.1, 0.15) is 6.61 Å². The van der Waals surface area contributed by atoms with Crippen molar-refractivity contribution < 1.29 is 14.3 Å². The molecular formula is C27H27ClN2O4. The number of benzene rings is 2. The fraction of sp³-hybridized carbons (Fsp3) is 0.296. The number of Topliss-reactive ketones (excluding diaryl/α,β-unsaturated/α-hetero) is 1. The number of carbonyl (C=O) groups excluding carboxylic acids is 2. The van der Waals surface area contributed by atoms with E-state index in [2.05, 4.69) is 0 Å². The van der Waals surface area contributed by atoms with Crippen LogP contribution in [0.3, 0.4) is 0 Å². The summed E-state index contributed by atoms with van der Waals surface area (Å²) in [6, 6.07) is 16.7. The first-order chi connectivity index (χ1) is 16.1. The van der Waals surface area contributed by atoms with E-state index >= 15 is 0 Å². The number of carbonyl (C=O) groups is 2. The van der Waals surface area contributed by atoms with Crippen LogP contribution < -0.4 is 10.2 Å². The standard InChI is InChI=1S/C27H27ClN2O4/c1-27(2,3)25(32)21-16-29-12-13-30(15-19-10-7-11-20(28)14-19)26(33)22(29)24(23(21)31)34-17-18-8-5-4-6-9-18/h4-11,14,16H,12-13,15,17H2,1-3H3. The predicted octanol–water partition coefficient (Wildman–Crippen LogP) is 4.97. The first-order valence-corrected chi connectivity index (χ1v) is 11.6. The Bertz CT molecular complexity index is 1290. The minimum atomic E-state index is -0.748. The average molecular weight is 479 g/mol. The molecule has 3 aromatic rings. The highest BCUT2D eigenvalue weighted by atomic mass is 35.5. The average Bonchev–Trinajstić information content (AvgIpc) is 2.80. The molecule has 0 aliphatic carbocycles. The quantitative estimate of drug-likeness (QED) is 0.469. The van der Waals surface area contributed by atoms with E-state index in [1.165, 1.54) is 6.20 Å². The van der Waals surface area contributed by atoms with Gasteiger partial charge >= 0.3 is 0 Å². The van der Waals surface area contributed by atoms with Gasteiger partial charge in [0.2, 0.25) is 5.43 Å². The van der Waals surface area contributed by atoms with Crippen LogP contribution in [0.2, 0.25) is 5.02 Å². The molecular weight excluding hydrogens is 452 g/mol. The third-order valence-electron chi connectivity index (χ3n) is 5.75. The third-order valence-corrected chi connectivity index (χ3v) is 5.99. The highest BCUT2D eigenvalue weighted by Gasteiger charge is 2.34. The van der Waals surface area contributed by atoms with Crippen molar-refractivity contribution in [3.05, 3.63) is 98.4 Å². The number of hydrogen-bond donors (Lipinski definition) is 0. The highest BCUT2D eigenvalue weighted by Crippen LogP contribution is 2.27. The molecule has 0 atom stereocenters. The summed E-state index contributed by atoms with van der Waals surface area (Å²) in [4.78, 5) is 41.7. The zero-order chi connectivity index (χ0) is 24.5. The predicted molar refractivity (Wildman–Crippen MR) is 131 cm³/mol. The van der Waals surface area contributed by atoms with Gasteiger partial charge in [0.05, 0.1) is 5.56 Å². The topological polar surface area (TPSA) is 68.6 Å². The molecule has 4 rings (SSSR count). The third kappa shape index (κ3) is 4.92. The maximum Gasteiger partial charge on any atom is 0.274 e. The van der Waals surface area contributed by atoms with E-state index in [9.17, 15) is 14.4 Å². The molecule has 34 heavy (non-hydrogen) atoms. The first-order valence-electron chi connectivity index (χ1n) is 11.2. The van der Waals surface area contributed by atoms with Crippen molar-refractivity contribution in [2.45, 2.75) is 40.5 Å². The Morgan fingerprint density at radius 3 is 2.38 bits per heavy atom. The molecule has 0 unspecified atom stereocenters. The normalized spacial score (nSPS) is 13.5. The Kier molecular flexibility index (Phi) is 6.62. The number of amides is 1. The number of nitrogens with zero attached hydrogens (tertiary/aromatic N) is 2. The number of ether oxygens (including phenoxy) is 1. The molecule has 0 spiro atoms. The lowest BCUT2D eigenvalue weighted by molar-refractivity contribution is 0.0677. The van der Waals surface area contributed by atoms with Crippen LogP contribution in [0.1, 0.15) is 52.7 Å². The molecule has 6 nitrogen and oxygen atoms in total. The minimum absolute atomic E-state index is 0.0374. The van der Waals surface area contributed by atoms with E-state index in [0.29, 0.717) is 24.7 Å². The van der Waals surface area contributed by atoms with Gasteiger partial charge < -0.3 is 14.2 Å². The summed E-state index contributed by atoms with van der Waals surface area (Å²) < 4.78 is 7.64. The van der Waals surface area contributed by atoms with Crippen LogP contribution in [-0.4, -0.2) is 27.7 Å². The second-order valence-electron chi connectivity index (χ2n) is 9.45. The molecule has 0 N–H and O–H groups in total. The zero-order valence-electron chi connectivity index (χ0n) is 19.5. The smallest absolute Gasteiger partial charge is 0.274 e. The van der Waals surface area contributed by atoms with Crippen molar-refractivity contribution >= 4 is 23.3 Å². The van der Waals surface area contributed by atoms with Crippen LogP contribution in [0.15, 0.2) is 65.6 Å².